The van der Waals surface area contributed by atoms with Crippen LogP contribution in [0.5, 0.6) is 11.5 Å². The van der Waals surface area contributed by atoms with E-state index in [9.17, 15) is 5.11 Å². The lowest BCUT2D eigenvalue weighted by Crippen LogP contribution is -2.61. The number of aromatic hydroxyl groups is 1. The summed E-state index contributed by atoms with van der Waals surface area (Å²) in [7, 11) is 0. The minimum atomic E-state index is 0.0121. The van der Waals surface area contributed by atoms with Crippen LogP contribution in [0.15, 0.2) is 37.4 Å². The fraction of sp³-hybridized carbons (Fsp3) is 0.500. The Morgan fingerprint density at radius 3 is 2.96 bits per heavy atom. The Labute approximate surface area is 138 Å². The summed E-state index contributed by atoms with van der Waals surface area (Å²) >= 11 is 0. The first-order chi connectivity index (χ1) is 11.1. The average Bonchev–Trinajstić information content (AvgIpc) is 2.85. The molecule has 122 valence electrons. The van der Waals surface area contributed by atoms with Crippen LogP contribution >= 0.6 is 0 Å². The van der Waals surface area contributed by atoms with E-state index >= 15 is 0 Å². The van der Waals surface area contributed by atoms with E-state index in [0.717, 1.165) is 38.1 Å². The lowest BCUT2D eigenvalue weighted by Gasteiger charge is -2.55. The predicted molar refractivity (Wildman–Crippen MR) is 92.1 cm³/mol. The van der Waals surface area contributed by atoms with E-state index < -0.39 is 0 Å². The number of hydrogen-bond donors (Lipinski definition) is 1. The number of phenols is 1. The maximum Gasteiger partial charge on any atom is 0.165 e. The monoisotopic (exact) mass is 311 g/mol. The normalized spacial score (nSPS) is 34.6. The molecule has 1 N–H and O–H groups in total. The molecule has 23 heavy (non-hydrogen) atoms. The molecule has 0 amide bonds. The van der Waals surface area contributed by atoms with Crippen LogP contribution < -0.4 is 4.74 Å². The molecule has 1 spiro atoms. The number of benzene rings is 1. The van der Waals surface area contributed by atoms with Gasteiger partial charge in [-0.3, -0.25) is 4.90 Å². The largest absolute Gasteiger partial charge is 0.504 e. The number of likely N-dealkylation sites (tertiary alicyclic amines) is 1. The Kier molecular flexibility index (Phi) is 3.31. The van der Waals surface area contributed by atoms with Crippen molar-refractivity contribution in [1.29, 1.82) is 0 Å². The highest BCUT2D eigenvalue weighted by atomic mass is 16.5. The van der Waals surface area contributed by atoms with Gasteiger partial charge in [0.15, 0.2) is 11.5 Å². The number of nitrogens with zero attached hydrogens (tertiary/aromatic N) is 1. The third-order valence-electron chi connectivity index (χ3n) is 6.37. The summed E-state index contributed by atoms with van der Waals surface area (Å²) in [5.74, 6) is 1.52. The van der Waals surface area contributed by atoms with Crippen molar-refractivity contribution in [2.24, 2.45) is 5.92 Å². The molecule has 1 aromatic rings. The van der Waals surface area contributed by atoms with Crippen LogP contribution in [0, 0.1) is 5.92 Å². The Morgan fingerprint density at radius 1 is 1.39 bits per heavy atom. The fourth-order valence-electron chi connectivity index (χ4n) is 5.34. The van der Waals surface area contributed by atoms with Crippen LogP contribution in [0.3, 0.4) is 0 Å². The Bertz CT molecular complexity index is 668. The van der Waals surface area contributed by atoms with Crippen LogP contribution in [0.25, 0.3) is 0 Å². The molecule has 1 saturated heterocycles. The maximum atomic E-state index is 10.3. The zero-order valence-corrected chi connectivity index (χ0v) is 13.8. The summed E-state index contributed by atoms with van der Waals surface area (Å²) in [5, 5.41) is 10.3. The average molecular weight is 311 g/mol. The van der Waals surface area contributed by atoms with Crippen molar-refractivity contribution >= 4 is 0 Å². The van der Waals surface area contributed by atoms with Crippen LogP contribution in [0.4, 0.5) is 0 Å². The Morgan fingerprint density at radius 2 is 2.22 bits per heavy atom. The van der Waals surface area contributed by atoms with Crippen molar-refractivity contribution in [2.75, 3.05) is 13.1 Å². The molecular weight excluding hydrogens is 286 g/mol. The predicted octanol–water partition coefficient (Wildman–Crippen LogP) is 3.42. The highest BCUT2D eigenvalue weighted by Gasteiger charge is 2.60. The van der Waals surface area contributed by atoms with Gasteiger partial charge in [-0.1, -0.05) is 25.1 Å². The first-order valence-corrected chi connectivity index (χ1v) is 8.61. The number of piperidine rings is 1. The molecule has 1 aromatic carbocycles. The molecule has 0 unspecified atom stereocenters. The van der Waals surface area contributed by atoms with Gasteiger partial charge in [0.25, 0.3) is 0 Å². The van der Waals surface area contributed by atoms with Gasteiger partial charge in [0, 0.05) is 30.0 Å². The third-order valence-corrected chi connectivity index (χ3v) is 6.37. The fourth-order valence-corrected chi connectivity index (χ4v) is 5.34. The zero-order valence-electron chi connectivity index (χ0n) is 13.8. The molecular formula is C20H25NO2. The van der Waals surface area contributed by atoms with Gasteiger partial charge in [0.05, 0.1) is 0 Å². The van der Waals surface area contributed by atoms with Crippen LogP contribution in [0.1, 0.15) is 30.9 Å². The molecule has 0 aromatic heterocycles. The third kappa shape index (κ3) is 1.80. The molecule has 3 heteroatoms. The highest BCUT2D eigenvalue weighted by Crippen LogP contribution is 2.60. The topological polar surface area (TPSA) is 32.7 Å². The zero-order chi connectivity index (χ0) is 16.2. The second-order valence-corrected chi connectivity index (χ2v) is 7.21. The molecule has 3 nitrogen and oxygen atoms in total. The van der Waals surface area contributed by atoms with Crippen molar-refractivity contribution in [1.82, 2.24) is 4.90 Å². The number of hydrogen-bond acceptors (Lipinski definition) is 3. The molecule has 2 heterocycles. The van der Waals surface area contributed by atoms with Crippen LogP contribution in [-0.4, -0.2) is 35.2 Å². The van der Waals surface area contributed by atoms with Gasteiger partial charge in [0.2, 0.25) is 0 Å². The SMILES string of the molecule is C=CC[C@@H]1Oc2c(O)ccc3c2[C@@]12CCN(CC=C)[C@H](C3)[C@@H]2C. The maximum absolute atomic E-state index is 10.3. The molecule has 0 radical (unpaired) electrons. The van der Waals surface area contributed by atoms with E-state index in [-0.39, 0.29) is 17.3 Å². The van der Waals surface area contributed by atoms with E-state index in [1.165, 1.54) is 11.1 Å². The lowest BCUT2D eigenvalue weighted by atomic mass is 9.56. The van der Waals surface area contributed by atoms with Crippen LogP contribution in [-0.2, 0) is 11.8 Å². The van der Waals surface area contributed by atoms with Crippen molar-refractivity contribution in [3.8, 4) is 11.5 Å². The molecule has 4 rings (SSSR count). The van der Waals surface area contributed by atoms with Gasteiger partial charge < -0.3 is 9.84 Å². The van der Waals surface area contributed by atoms with Crippen molar-refractivity contribution in [3.05, 3.63) is 48.6 Å². The number of rotatable bonds is 4. The van der Waals surface area contributed by atoms with Crippen molar-refractivity contribution in [3.63, 3.8) is 0 Å². The van der Waals surface area contributed by atoms with Gasteiger partial charge in [-0.15, -0.1) is 13.2 Å². The molecule has 3 aliphatic rings. The minimum absolute atomic E-state index is 0.0121. The van der Waals surface area contributed by atoms with Gasteiger partial charge >= 0.3 is 0 Å². The first-order valence-electron chi connectivity index (χ1n) is 8.61. The Balaban J connectivity index is 1.89. The van der Waals surface area contributed by atoms with Crippen molar-refractivity contribution < 1.29 is 9.84 Å². The van der Waals surface area contributed by atoms with E-state index in [1.807, 2.05) is 12.2 Å². The summed E-state index contributed by atoms with van der Waals surface area (Å²) in [5.41, 5.74) is 2.64. The second-order valence-electron chi connectivity index (χ2n) is 7.21. The van der Waals surface area contributed by atoms with E-state index in [4.69, 9.17) is 4.74 Å². The Hall–Kier alpha value is -1.74. The van der Waals surface area contributed by atoms with Gasteiger partial charge in [-0.05, 0) is 36.9 Å². The molecule has 1 fully saturated rings. The number of fused-ring (bicyclic) bond motifs is 1. The van der Waals surface area contributed by atoms with Crippen LogP contribution in [0.2, 0.25) is 0 Å². The lowest BCUT2D eigenvalue weighted by molar-refractivity contribution is -0.0111. The van der Waals surface area contributed by atoms with Gasteiger partial charge in [-0.2, -0.15) is 0 Å². The first kappa shape index (κ1) is 14.8. The second kappa shape index (κ2) is 5.13. The molecule has 2 aliphatic heterocycles. The molecule has 0 saturated carbocycles. The van der Waals surface area contributed by atoms with Gasteiger partial charge in [0.1, 0.15) is 6.10 Å². The molecule has 1 aliphatic carbocycles. The number of phenolic OH excluding ortho intramolecular Hbond substituents is 1. The molecule has 4 atom stereocenters. The quantitative estimate of drug-likeness (QED) is 0.865. The highest BCUT2D eigenvalue weighted by molar-refractivity contribution is 5.60. The minimum Gasteiger partial charge on any atom is -0.504 e. The van der Waals surface area contributed by atoms with E-state index in [1.54, 1.807) is 6.07 Å². The van der Waals surface area contributed by atoms with Crippen molar-refractivity contribution in [2.45, 2.75) is 43.7 Å². The number of ether oxygens (including phenoxy) is 1. The van der Waals surface area contributed by atoms with E-state index in [2.05, 4.69) is 31.0 Å². The summed E-state index contributed by atoms with van der Waals surface area (Å²) in [4.78, 5) is 2.56. The molecule has 2 bridgehead atoms. The summed E-state index contributed by atoms with van der Waals surface area (Å²) in [6.07, 6.45) is 6.98. The van der Waals surface area contributed by atoms with Gasteiger partial charge in [-0.25, -0.2) is 0 Å². The summed E-state index contributed by atoms with van der Waals surface area (Å²) in [6.45, 7) is 12.2. The summed E-state index contributed by atoms with van der Waals surface area (Å²) in [6, 6.07) is 4.40. The summed E-state index contributed by atoms with van der Waals surface area (Å²) < 4.78 is 6.28. The standard InChI is InChI=1S/C20H25NO2/c1-4-6-17-20-9-11-21(10-5-2)15(13(20)3)12-14-7-8-16(22)19(23-17)18(14)20/h4-5,7-8,13,15,17,22H,1-2,6,9-12H2,3H3/t13-,15+,17-,20+/m0/s1. The van der Waals surface area contributed by atoms with E-state index in [0.29, 0.717) is 12.0 Å². The smallest absolute Gasteiger partial charge is 0.165 e.